The molecule has 2 heterocycles. The molecule has 53 valence electrons. The van der Waals surface area contributed by atoms with Crippen LogP contribution in [0.15, 0.2) is 23.9 Å². The van der Waals surface area contributed by atoms with E-state index in [4.69, 9.17) is 0 Å². The van der Waals surface area contributed by atoms with Gasteiger partial charge < -0.3 is 5.32 Å². The molecule has 10 heavy (non-hydrogen) atoms. The second-order valence-electron chi connectivity index (χ2n) is 2.67. The van der Waals surface area contributed by atoms with Crippen LogP contribution >= 0.6 is 0 Å². The Labute approximate surface area is 61.0 Å². The van der Waals surface area contributed by atoms with Crippen LogP contribution in [0.2, 0.25) is 0 Å². The third-order valence-electron chi connectivity index (χ3n) is 1.96. The van der Waals surface area contributed by atoms with Crippen LogP contribution < -0.4 is 10.6 Å². The van der Waals surface area contributed by atoms with Crippen molar-refractivity contribution in [2.45, 2.75) is 12.5 Å². The number of nitrogens with zero attached hydrogens (tertiary/aromatic N) is 1. The number of fused-ring (bicyclic) bond motifs is 1. The first kappa shape index (κ1) is 5.98. The van der Waals surface area contributed by atoms with Crippen LogP contribution in [-0.2, 0) is 0 Å². The average Bonchev–Trinajstić information content (AvgIpc) is 2.05. The summed E-state index contributed by atoms with van der Waals surface area (Å²) in [5.74, 6) is 0. The molecule has 2 heteroatoms. The fraction of sp³-hybridized carbons (Fsp3) is 0.500. The van der Waals surface area contributed by atoms with Crippen molar-refractivity contribution in [1.82, 2.24) is 10.6 Å². The predicted octanol–water partition coefficient (Wildman–Crippen LogP) is 0.406. The van der Waals surface area contributed by atoms with Crippen LogP contribution in [0.4, 0.5) is 0 Å². The number of nitrogens with one attached hydrogen (secondary N) is 1. The molecule has 1 N–H and O–H groups in total. The molecule has 0 aromatic carbocycles. The van der Waals surface area contributed by atoms with Gasteiger partial charge >= 0.3 is 0 Å². The molecule has 0 spiro atoms. The van der Waals surface area contributed by atoms with E-state index in [0.29, 0.717) is 6.04 Å². The lowest BCUT2D eigenvalue weighted by molar-refractivity contribution is 0.517. The molecule has 0 bridgehead atoms. The lowest BCUT2D eigenvalue weighted by atomic mass is 9.99. The zero-order valence-electron chi connectivity index (χ0n) is 5.88. The van der Waals surface area contributed by atoms with Crippen molar-refractivity contribution < 1.29 is 0 Å². The third kappa shape index (κ3) is 0.948. The Bertz CT molecular complexity index is 182. The Balaban J connectivity index is 2.21. The maximum atomic E-state index is 4.46. The van der Waals surface area contributed by atoms with Crippen molar-refractivity contribution in [3.8, 4) is 0 Å². The van der Waals surface area contributed by atoms with Gasteiger partial charge in [-0.15, -0.1) is 0 Å². The van der Waals surface area contributed by atoms with Crippen molar-refractivity contribution >= 4 is 0 Å². The normalized spacial score (nSPS) is 30.4. The van der Waals surface area contributed by atoms with Gasteiger partial charge in [0.25, 0.3) is 0 Å². The van der Waals surface area contributed by atoms with Crippen LogP contribution in [0.3, 0.4) is 0 Å². The van der Waals surface area contributed by atoms with E-state index in [0.717, 1.165) is 19.5 Å². The van der Waals surface area contributed by atoms with E-state index in [1.54, 1.807) is 0 Å². The Morgan fingerprint density at radius 2 is 2.60 bits per heavy atom. The third-order valence-corrected chi connectivity index (χ3v) is 1.96. The van der Waals surface area contributed by atoms with E-state index >= 15 is 0 Å². The van der Waals surface area contributed by atoms with Gasteiger partial charge in [0, 0.05) is 19.3 Å². The number of hydrogen-bond donors (Lipinski definition) is 1. The summed E-state index contributed by atoms with van der Waals surface area (Å²) in [5.41, 5.74) is 1.34. The molecule has 2 rings (SSSR count). The van der Waals surface area contributed by atoms with Gasteiger partial charge in [0.1, 0.15) is 0 Å². The lowest BCUT2D eigenvalue weighted by Crippen LogP contribution is -2.34. The Morgan fingerprint density at radius 1 is 1.60 bits per heavy atom. The van der Waals surface area contributed by atoms with Gasteiger partial charge in [0.2, 0.25) is 0 Å². The highest BCUT2D eigenvalue weighted by Gasteiger charge is 2.17. The summed E-state index contributed by atoms with van der Waals surface area (Å²) in [5, 5.41) is 7.67. The minimum Gasteiger partial charge on any atom is -0.391 e. The summed E-state index contributed by atoms with van der Waals surface area (Å²) in [4.78, 5) is 0. The SMILES string of the molecule is C1=CC2=CNCCC2[N]C1. The highest BCUT2D eigenvalue weighted by molar-refractivity contribution is 5.28. The maximum Gasteiger partial charge on any atom is 0.0530 e. The average molecular weight is 135 g/mol. The molecule has 1 unspecified atom stereocenters. The minimum atomic E-state index is 0.492. The van der Waals surface area contributed by atoms with Gasteiger partial charge in [-0.2, -0.15) is 0 Å². The van der Waals surface area contributed by atoms with E-state index in [1.807, 2.05) is 0 Å². The van der Waals surface area contributed by atoms with E-state index in [1.165, 1.54) is 5.57 Å². The lowest BCUT2D eigenvalue weighted by Gasteiger charge is -2.24. The molecule has 1 radical (unpaired) electrons. The molecule has 0 aromatic heterocycles. The highest BCUT2D eigenvalue weighted by Crippen LogP contribution is 2.14. The van der Waals surface area contributed by atoms with Gasteiger partial charge in [0.15, 0.2) is 0 Å². The second kappa shape index (κ2) is 2.46. The second-order valence-corrected chi connectivity index (χ2v) is 2.67. The summed E-state index contributed by atoms with van der Waals surface area (Å²) in [7, 11) is 0. The van der Waals surface area contributed by atoms with Crippen LogP contribution in [0.25, 0.3) is 0 Å². The smallest absolute Gasteiger partial charge is 0.0530 e. The molecular weight excluding hydrogens is 124 g/mol. The fourth-order valence-corrected chi connectivity index (χ4v) is 1.41. The van der Waals surface area contributed by atoms with Crippen molar-refractivity contribution in [2.75, 3.05) is 13.1 Å². The highest BCUT2D eigenvalue weighted by atomic mass is 15.0. The Hall–Kier alpha value is -0.760. The van der Waals surface area contributed by atoms with Crippen LogP contribution in [0, 0.1) is 0 Å². The van der Waals surface area contributed by atoms with Gasteiger partial charge in [-0.3, -0.25) is 0 Å². The van der Waals surface area contributed by atoms with E-state index in [-0.39, 0.29) is 0 Å². The Morgan fingerprint density at radius 3 is 3.50 bits per heavy atom. The number of rotatable bonds is 0. The van der Waals surface area contributed by atoms with E-state index in [9.17, 15) is 0 Å². The summed E-state index contributed by atoms with van der Waals surface area (Å²) >= 11 is 0. The first-order valence-corrected chi connectivity index (χ1v) is 3.73. The zero-order valence-corrected chi connectivity index (χ0v) is 5.88. The first-order chi connectivity index (χ1) is 4.97. The monoisotopic (exact) mass is 135 g/mol. The molecular formula is C8H11N2. The predicted molar refractivity (Wildman–Crippen MR) is 40.6 cm³/mol. The molecule has 2 aliphatic rings. The Kier molecular flexibility index (Phi) is 1.47. The summed E-state index contributed by atoms with van der Waals surface area (Å²) in [6.45, 7) is 1.98. The summed E-state index contributed by atoms with van der Waals surface area (Å²) in [6, 6.07) is 0.492. The molecule has 2 aliphatic heterocycles. The molecule has 0 aromatic rings. The van der Waals surface area contributed by atoms with E-state index in [2.05, 4.69) is 29.0 Å². The molecule has 0 fully saturated rings. The molecule has 0 aliphatic carbocycles. The van der Waals surface area contributed by atoms with Crippen LogP contribution in [-0.4, -0.2) is 19.1 Å². The van der Waals surface area contributed by atoms with Crippen molar-refractivity contribution in [3.05, 3.63) is 23.9 Å². The van der Waals surface area contributed by atoms with Crippen LogP contribution in [0.1, 0.15) is 6.42 Å². The van der Waals surface area contributed by atoms with Crippen molar-refractivity contribution in [2.24, 2.45) is 0 Å². The standard InChI is InChI=1S/C8H11N2/c1-2-7-6-9-5-3-8(7)10-4-1/h1-2,6,8-9H,3-5H2. The fourth-order valence-electron chi connectivity index (χ4n) is 1.41. The molecule has 2 nitrogen and oxygen atoms in total. The number of hydrogen-bond acceptors (Lipinski definition) is 1. The van der Waals surface area contributed by atoms with Crippen LogP contribution in [0.5, 0.6) is 0 Å². The van der Waals surface area contributed by atoms with Gasteiger partial charge in [-0.25, -0.2) is 5.32 Å². The first-order valence-electron chi connectivity index (χ1n) is 3.73. The van der Waals surface area contributed by atoms with Gasteiger partial charge in [-0.05, 0) is 12.0 Å². The molecule has 0 saturated carbocycles. The van der Waals surface area contributed by atoms with Gasteiger partial charge in [0.05, 0.1) is 6.04 Å². The quantitative estimate of drug-likeness (QED) is 0.511. The van der Waals surface area contributed by atoms with E-state index < -0.39 is 0 Å². The van der Waals surface area contributed by atoms with Gasteiger partial charge in [-0.1, -0.05) is 12.2 Å². The molecule has 1 atom stereocenters. The maximum absolute atomic E-state index is 4.46. The molecule has 0 amide bonds. The minimum absolute atomic E-state index is 0.492. The van der Waals surface area contributed by atoms with Crippen molar-refractivity contribution in [3.63, 3.8) is 0 Å². The topological polar surface area (TPSA) is 26.1 Å². The van der Waals surface area contributed by atoms with Crippen molar-refractivity contribution in [1.29, 1.82) is 0 Å². The summed E-state index contributed by atoms with van der Waals surface area (Å²) < 4.78 is 0. The largest absolute Gasteiger partial charge is 0.391 e. The molecule has 0 saturated heterocycles. The summed E-state index contributed by atoms with van der Waals surface area (Å²) in [6.07, 6.45) is 7.52. The zero-order chi connectivity index (χ0) is 6.81.